The van der Waals surface area contributed by atoms with Crippen molar-refractivity contribution >= 4 is 23.2 Å². The number of hydrogen-bond acceptors (Lipinski definition) is 5. The number of hydrogen-bond donors (Lipinski definition) is 1. The second-order valence-corrected chi connectivity index (χ2v) is 7.90. The summed E-state index contributed by atoms with van der Waals surface area (Å²) < 4.78 is 0. The van der Waals surface area contributed by atoms with Gasteiger partial charge in [0.1, 0.15) is 10.7 Å². The van der Waals surface area contributed by atoms with Crippen molar-refractivity contribution in [2.24, 2.45) is 11.8 Å². The molecule has 2 aromatic rings. The second kappa shape index (κ2) is 7.53. The third kappa shape index (κ3) is 3.77. The number of thiazole rings is 1. The summed E-state index contributed by atoms with van der Waals surface area (Å²) in [5.41, 5.74) is 0.412. The van der Waals surface area contributed by atoms with Crippen molar-refractivity contribution in [1.82, 2.24) is 20.2 Å². The molecule has 26 heavy (non-hydrogen) atoms. The van der Waals surface area contributed by atoms with Crippen LogP contribution >= 0.6 is 11.3 Å². The van der Waals surface area contributed by atoms with E-state index in [9.17, 15) is 9.59 Å². The molecular weight excluding hydrogens is 348 g/mol. The van der Waals surface area contributed by atoms with Crippen LogP contribution in [0.3, 0.4) is 0 Å². The molecule has 1 saturated heterocycles. The Bertz CT molecular complexity index is 753. The van der Waals surface area contributed by atoms with Crippen LogP contribution in [0.15, 0.2) is 36.0 Å². The van der Waals surface area contributed by atoms with Gasteiger partial charge in [0.25, 0.3) is 5.91 Å². The minimum Gasteiger partial charge on any atom is -0.342 e. The fraction of sp³-hybridized carbons (Fsp3) is 0.474. The summed E-state index contributed by atoms with van der Waals surface area (Å²) in [5.74, 6) is 0.677. The van der Waals surface area contributed by atoms with Crippen LogP contribution in [0.25, 0.3) is 0 Å². The Morgan fingerprint density at radius 2 is 1.92 bits per heavy atom. The molecule has 1 unspecified atom stereocenters. The largest absolute Gasteiger partial charge is 0.342 e. The van der Waals surface area contributed by atoms with E-state index in [1.807, 2.05) is 16.3 Å². The maximum atomic E-state index is 12.6. The van der Waals surface area contributed by atoms with Gasteiger partial charge < -0.3 is 10.2 Å². The van der Waals surface area contributed by atoms with E-state index in [-0.39, 0.29) is 23.8 Å². The Hall–Kier alpha value is -2.28. The molecule has 1 atom stereocenters. The summed E-state index contributed by atoms with van der Waals surface area (Å²) in [6.07, 6.45) is 7.23. The fourth-order valence-electron chi connectivity index (χ4n) is 3.52. The lowest BCUT2D eigenvalue weighted by atomic mass is 9.89. The number of aromatic nitrogens is 2. The topological polar surface area (TPSA) is 75.2 Å². The number of carbonyl (C=O) groups excluding carboxylic acids is 2. The van der Waals surface area contributed by atoms with Crippen molar-refractivity contribution in [3.63, 3.8) is 0 Å². The van der Waals surface area contributed by atoms with E-state index < -0.39 is 0 Å². The Kier molecular flexibility index (Phi) is 4.97. The molecule has 136 valence electrons. The van der Waals surface area contributed by atoms with Crippen LogP contribution in [0.5, 0.6) is 0 Å². The molecule has 1 N–H and O–H groups in total. The Labute approximate surface area is 156 Å². The van der Waals surface area contributed by atoms with Crippen LogP contribution in [0, 0.1) is 11.8 Å². The first-order chi connectivity index (χ1) is 12.7. The number of amides is 2. The predicted molar refractivity (Wildman–Crippen MR) is 98.6 cm³/mol. The molecule has 0 aromatic carbocycles. The van der Waals surface area contributed by atoms with Crippen LogP contribution in [-0.4, -0.2) is 39.8 Å². The van der Waals surface area contributed by atoms with Gasteiger partial charge in [-0.2, -0.15) is 0 Å². The van der Waals surface area contributed by atoms with Crippen molar-refractivity contribution in [1.29, 1.82) is 0 Å². The molecule has 2 fully saturated rings. The lowest BCUT2D eigenvalue weighted by Crippen LogP contribution is -2.43. The maximum absolute atomic E-state index is 12.6. The SMILES string of the molecule is O=C(NC(c1nccs1)C1CCN(C(=O)C2CC2)CC1)c1ccccn1. The molecule has 0 radical (unpaired) electrons. The first kappa shape index (κ1) is 17.1. The lowest BCUT2D eigenvalue weighted by Gasteiger charge is -2.35. The number of carbonyl (C=O) groups is 2. The number of nitrogens with zero attached hydrogens (tertiary/aromatic N) is 3. The second-order valence-electron chi connectivity index (χ2n) is 6.97. The van der Waals surface area contributed by atoms with E-state index >= 15 is 0 Å². The van der Waals surface area contributed by atoms with Gasteiger partial charge in [-0.15, -0.1) is 11.3 Å². The van der Waals surface area contributed by atoms with Crippen LogP contribution in [0.2, 0.25) is 0 Å². The van der Waals surface area contributed by atoms with Gasteiger partial charge in [-0.25, -0.2) is 4.98 Å². The Balaban J connectivity index is 1.44. The number of likely N-dealkylation sites (tertiary alicyclic amines) is 1. The molecule has 1 aliphatic carbocycles. The molecule has 1 aliphatic heterocycles. The predicted octanol–water partition coefficient (Wildman–Crippen LogP) is 2.66. The van der Waals surface area contributed by atoms with Gasteiger partial charge in [-0.3, -0.25) is 14.6 Å². The van der Waals surface area contributed by atoms with Gasteiger partial charge in [-0.05, 0) is 43.7 Å². The van der Waals surface area contributed by atoms with Crippen LogP contribution < -0.4 is 5.32 Å². The minimum atomic E-state index is -0.178. The summed E-state index contributed by atoms with van der Waals surface area (Å²) in [7, 11) is 0. The smallest absolute Gasteiger partial charge is 0.270 e. The number of piperidine rings is 1. The van der Waals surface area contributed by atoms with E-state index in [1.165, 1.54) is 0 Å². The zero-order valence-corrected chi connectivity index (χ0v) is 15.3. The monoisotopic (exact) mass is 370 g/mol. The van der Waals surface area contributed by atoms with Gasteiger partial charge in [0.05, 0.1) is 6.04 Å². The normalized spacial score (nSPS) is 19.2. The highest BCUT2D eigenvalue weighted by molar-refractivity contribution is 7.09. The highest BCUT2D eigenvalue weighted by Crippen LogP contribution is 2.35. The molecule has 7 heteroatoms. The Morgan fingerprint density at radius 3 is 2.54 bits per heavy atom. The zero-order valence-electron chi connectivity index (χ0n) is 14.5. The molecule has 6 nitrogen and oxygen atoms in total. The molecule has 1 saturated carbocycles. The molecule has 2 amide bonds. The molecule has 0 bridgehead atoms. The molecule has 2 aliphatic rings. The number of nitrogens with one attached hydrogen (secondary N) is 1. The third-order valence-electron chi connectivity index (χ3n) is 5.15. The van der Waals surface area contributed by atoms with Crippen molar-refractivity contribution in [3.05, 3.63) is 46.7 Å². The lowest BCUT2D eigenvalue weighted by molar-refractivity contribution is -0.134. The first-order valence-electron chi connectivity index (χ1n) is 9.12. The van der Waals surface area contributed by atoms with Crippen molar-refractivity contribution in [3.8, 4) is 0 Å². The summed E-state index contributed by atoms with van der Waals surface area (Å²) in [5, 5.41) is 5.98. The van der Waals surface area contributed by atoms with Gasteiger partial charge >= 0.3 is 0 Å². The molecule has 2 aromatic heterocycles. The van der Waals surface area contributed by atoms with E-state index in [4.69, 9.17) is 0 Å². The quantitative estimate of drug-likeness (QED) is 0.878. The van der Waals surface area contributed by atoms with E-state index in [1.54, 1.807) is 35.9 Å². The summed E-state index contributed by atoms with van der Waals surface area (Å²) in [6, 6.07) is 5.18. The van der Waals surface area contributed by atoms with Crippen molar-refractivity contribution in [2.75, 3.05) is 13.1 Å². The van der Waals surface area contributed by atoms with Gasteiger partial charge in [0.2, 0.25) is 5.91 Å². The maximum Gasteiger partial charge on any atom is 0.270 e. The number of rotatable bonds is 5. The zero-order chi connectivity index (χ0) is 17.9. The van der Waals surface area contributed by atoms with E-state index in [0.29, 0.717) is 11.6 Å². The molecular formula is C19H22N4O2S. The summed E-state index contributed by atoms with van der Waals surface area (Å²) in [6.45, 7) is 1.53. The summed E-state index contributed by atoms with van der Waals surface area (Å²) in [4.78, 5) is 35.4. The van der Waals surface area contributed by atoms with Crippen molar-refractivity contribution in [2.45, 2.75) is 31.7 Å². The average Bonchev–Trinajstić information content (AvgIpc) is 3.41. The molecule has 0 spiro atoms. The van der Waals surface area contributed by atoms with Gasteiger partial charge in [0.15, 0.2) is 0 Å². The standard InChI is InChI=1S/C19H22N4O2S/c24-17(15-3-1-2-8-20-15)22-16(18-21-9-12-26-18)13-6-10-23(11-7-13)19(25)14-4-5-14/h1-3,8-9,12-14,16H,4-7,10-11H2,(H,22,24). The first-order valence-corrected chi connectivity index (χ1v) is 10.0. The van der Waals surface area contributed by atoms with Crippen LogP contribution in [0.1, 0.15) is 47.2 Å². The van der Waals surface area contributed by atoms with Crippen LogP contribution in [0.4, 0.5) is 0 Å². The van der Waals surface area contributed by atoms with Gasteiger partial charge in [-0.1, -0.05) is 6.07 Å². The summed E-state index contributed by atoms with van der Waals surface area (Å²) >= 11 is 1.56. The minimum absolute atomic E-state index is 0.136. The average molecular weight is 370 g/mol. The highest BCUT2D eigenvalue weighted by atomic mass is 32.1. The molecule has 4 rings (SSSR count). The fourth-order valence-corrected chi connectivity index (χ4v) is 4.30. The highest BCUT2D eigenvalue weighted by Gasteiger charge is 2.37. The Morgan fingerprint density at radius 1 is 1.12 bits per heavy atom. The van der Waals surface area contributed by atoms with Crippen LogP contribution in [-0.2, 0) is 4.79 Å². The van der Waals surface area contributed by atoms with Crippen molar-refractivity contribution < 1.29 is 9.59 Å². The van der Waals surface area contributed by atoms with E-state index in [2.05, 4.69) is 15.3 Å². The molecule has 3 heterocycles. The van der Waals surface area contributed by atoms with Gasteiger partial charge in [0, 0.05) is 36.8 Å². The third-order valence-corrected chi connectivity index (χ3v) is 6.01. The van der Waals surface area contributed by atoms with E-state index in [0.717, 1.165) is 43.8 Å². The number of pyridine rings is 1.